The van der Waals surface area contributed by atoms with Crippen molar-refractivity contribution in [1.29, 1.82) is 0 Å². The molecule has 1 N–H and O–H groups in total. The van der Waals surface area contributed by atoms with Gasteiger partial charge in [0.15, 0.2) is 0 Å². The molecule has 0 saturated heterocycles. The highest BCUT2D eigenvalue weighted by Gasteiger charge is 2.31. The van der Waals surface area contributed by atoms with Crippen LogP contribution in [0.5, 0.6) is 5.75 Å². The number of carbonyl (C=O) groups is 1. The minimum atomic E-state index is -0.478. The average molecular weight is 419 g/mol. The Morgan fingerprint density at radius 1 is 0.900 bits per heavy atom. The first-order valence-corrected chi connectivity index (χ1v) is 11.9. The Hall–Kier alpha value is -1.51. The summed E-state index contributed by atoms with van der Waals surface area (Å²) in [6.07, 6.45) is 9.74. The van der Waals surface area contributed by atoms with Gasteiger partial charge >= 0.3 is 5.97 Å². The third kappa shape index (κ3) is 7.96. The van der Waals surface area contributed by atoms with E-state index in [9.17, 15) is 9.90 Å². The van der Waals surface area contributed by atoms with Gasteiger partial charge in [0, 0.05) is 11.1 Å². The van der Waals surface area contributed by atoms with Gasteiger partial charge < -0.3 is 9.84 Å². The van der Waals surface area contributed by atoms with Crippen LogP contribution in [0, 0.1) is 0 Å². The van der Waals surface area contributed by atoms with Crippen molar-refractivity contribution in [2.45, 2.75) is 124 Å². The molecule has 30 heavy (non-hydrogen) atoms. The molecular weight excluding hydrogens is 372 g/mol. The molecule has 0 aromatic heterocycles. The number of unbranched alkanes of at least 4 members (excludes halogenated alkanes) is 7. The molecule has 0 radical (unpaired) electrons. The molecule has 1 aromatic carbocycles. The van der Waals surface area contributed by atoms with E-state index in [2.05, 4.69) is 54.5 Å². The van der Waals surface area contributed by atoms with Crippen LogP contribution in [-0.4, -0.2) is 17.7 Å². The number of hydrogen-bond acceptors (Lipinski definition) is 3. The third-order valence-electron chi connectivity index (χ3n) is 5.83. The smallest absolute Gasteiger partial charge is 0.313 e. The second kappa shape index (κ2) is 11.8. The minimum absolute atomic E-state index is 0.0844. The van der Waals surface area contributed by atoms with Crippen LogP contribution >= 0.6 is 0 Å². The zero-order valence-corrected chi connectivity index (χ0v) is 20.9. The predicted octanol–water partition coefficient (Wildman–Crippen LogP) is 7.77. The number of aromatic hydroxyl groups is 1. The number of phenols is 1. The summed E-state index contributed by atoms with van der Waals surface area (Å²) in [5.74, 6) is -0.489. The first-order chi connectivity index (χ1) is 13.9. The number of esters is 1. The molecule has 1 atom stereocenters. The molecule has 0 aliphatic carbocycles. The molecule has 0 aliphatic heterocycles. The van der Waals surface area contributed by atoms with Crippen molar-refractivity contribution in [3.8, 4) is 5.75 Å². The van der Waals surface area contributed by atoms with Crippen LogP contribution in [0.25, 0.3) is 0 Å². The first kappa shape index (κ1) is 26.5. The molecule has 0 spiro atoms. The molecule has 0 amide bonds. The van der Waals surface area contributed by atoms with E-state index in [4.69, 9.17) is 4.74 Å². The lowest BCUT2D eigenvalue weighted by molar-refractivity contribution is -0.145. The van der Waals surface area contributed by atoms with Crippen molar-refractivity contribution in [3.63, 3.8) is 0 Å². The molecule has 0 heterocycles. The van der Waals surface area contributed by atoms with Crippen molar-refractivity contribution >= 4 is 5.97 Å². The molecule has 0 saturated carbocycles. The van der Waals surface area contributed by atoms with Gasteiger partial charge in [-0.2, -0.15) is 0 Å². The van der Waals surface area contributed by atoms with E-state index >= 15 is 0 Å². The second-order valence-electron chi connectivity index (χ2n) is 10.8. The highest BCUT2D eigenvalue weighted by Crippen LogP contribution is 2.43. The van der Waals surface area contributed by atoms with Gasteiger partial charge in [0.1, 0.15) is 5.75 Å². The van der Waals surface area contributed by atoms with Gasteiger partial charge in [-0.1, -0.05) is 106 Å². The standard InChI is InChI=1S/C27H46O3/c1-9-10-11-12-13-14-15-16-19-30-25(29)20(2)21-17-18-22(26(3,4)5)23(24(21)28)27(6,7)8/h17-18,20,28H,9-16,19H2,1-8H3. The highest BCUT2D eigenvalue weighted by atomic mass is 16.5. The van der Waals surface area contributed by atoms with Crippen LogP contribution in [0.4, 0.5) is 0 Å². The van der Waals surface area contributed by atoms with Gasteiger partial charge in [0.05, 0.1) is 12.5 Å². The summed E-state index contributed by atoms with van der Waals surface area (Å²) in [5.41, 5.74) is 2.40. The predicted molar refractivity (Wildman–Crippen MR) is 127 cm³/mol. The average Bonchev–Trinajstić information content (AvgIpc) is 2.63. The Kier molecular flexibility index (Phi) is 10.4. The molecule has 1 unspecified atom stereocenters. The van der Waals surface area contributed by atoms with Crippen molar-refractivity contribution in [1.82, 2.24) is 0 Å². The largest absolute Gasteiger partial charge is 0.507 e. The molecule has 0 fully saturated rings. The Morgan fingerprint density at radius 3 is 1.93 bits per heavy atom. The summed E-state index contributed by atoms with van der Waals surface area (Å²) >= 11 is 0. The maximum atomic E-state index is 12.6. The fraction of sp³-hybridized carbons (Fsp3) is 0.741. The van der Waals surface area contributed by atoms with E-state index in [1.165, 1.54) is 38.5 Å². The lowest BCUT2D eigenvalue weighted by Gasteiger charge is -2.32. The van der Waals surface area contributed by atoms with Crippen molar-refractivity contribution in [2.75, 3.05) is 6.61 Å². The summed E-state index contributed by atoms with van der Waals surface area (Å²) in [7, 11) is 0. The van der Waals surface area contributed by atoms with E-state index in [-0.39, 0.29) is 22.5 Å². The Labute approximate surface area is 185 Å². The van der Waals surface area contributed by atoms with Gasteiger partial charge in [-0.25, -0.2) is 0 Å². The Morgan fingerprint density at radius 2 is 1.43 bits per heavy atom. The number of hydrogen-bond donors (Lipinski definition) is 1. The summed E-state index contributed by atoms with van der Waals surface area (Å²) in [5, 5.41) is 11.1. The lowest BCUT2D eigenvalue weighted by atomic mass is 9.73. The van der Waals surface area contributed by atoms with Crippen LogP contribution in [0.1, 0.15) is 129 Å². The van der Waals surface area contributed by atoms with E-state index in [1.54, 1.807) is 0 Å². The number of benzene rings is 1. The van der Waals surface area contributed by atoms with Crippen LogP contribution in [0.15, 0.2) is 12.1 Å². The Balaban J connectivity index is 2.70. The van der Waals surface area contributed by atoms with E-state index in [1.807, 2.05) is 13.0 Å². The first-order valence-electron chi connectivity index (χ1n) is 11.9. The number of phenolic OH excluding ortho intramolecular Hbond substituents is 1. The van der Waals surface area contributed by atoms with Crippen molar-refractivity contribution < 1.29 is 14.6 Å². The summed E-state index contributed by atoms with van der Waals surface area (Å²) in [6.45, 7) is 17.3. The van der Waals surface area contributed by atoms with Gasteiger partial charge in [0.25, 0.3) is 0 Å². The molecule has 0 aliphatic rings. The number of ether oxygens (including phenoxy) is 1. The van der Waals surface area contributed by atoms with Crippen molar-refractivity contribution in [2.24, 2.45) is 0 Å². The van der Waals surface area contributed by atoms with Crippen LogP contribution < -0.4 is 0 Å². The van der Waals surface area contributed by atoms with Gasteiger partial charge in [-0.15, -0.1) is 0 Å². The zero-order valence-electron chi connectivity index (χ0n) is 20.9. The van der Waals surface area contributed by atoms with Crippen LogP contribution in [-0.2, 0) is 20.4 Å². The van der Waals surface area contributed by atoms with E-state index < -0.39 is 5.92 Å². The number of carbonyl (C=O) groups excluding carboxylic acids is 1. The molecule has 0 bridgehead atoms. The van der Waals surface area contributed by atoms with Gasteiger partial charge in [-0.3, -0.25) is 4.79 Å². The summed E-state index contributed by atoms with van der Waals surface area (Å²) < 4.78 is 5.53. The van der Waals surface area contributed by atoms with Gasteiger partial charge in [0.2, 0.25) is 0 Å². The maximum Gasteiger partial charge on any atom is 0.313 e. The molecule has 1 rings (SSSR count). The van der Waals surface area contributed by atoms with Crippen LogP contribution in [0.3, 0.4) is 0 Å². The Bertz CT molecular complexity index is 662. The van der Waals surface area contributed by atoms with E-state index in [0.717, 1.165) is 24.0 Å². The second-order valence-corrected chi connectivity index (χ2v) is 10.8. The van der Waals surface area contributed by atoms with Crippen LogP contribution in [0.2, 0.25) is 0 Å². The monoisotopic (exact) mass is 418 g/mol. The third-order valence-corrected chi connectivity index (χ3v) is 5.83. The van der Waals surface area contributed by atoms with Gasteiger partial charge in [-0.05, 0) is 29.7 Å². The summed E-state index contributed by atoms with van der Waals surface area (Å²) in [6, 6.07) is 3.96. The minimum Gasteiger partial charge on any atom is -0.507 e. The van der Waals surface area contributed by atoms with Crippen molar-refractivity contribution in [3.05, 3.63) is 28.8 Å². The lowest BCUT2D eigenvalue weighted by Crippen LogP contribution is -2.23. The molecular formula is C27H46O3. The SMILES string of the molecule is CCCCCCCCCCOC(=O)C(C)c1ccc(C(C)(C)C)c(C(C)(C)C)c1O. The van der Waals surface area contributed by atoms with E-state index in [0.29, 0.717) is 12.2 Å². The zero-order chi connectivity index (χ0) is 22.9. The number of rotatable bonds is 11. The fourth-order valence-electron chi connectivity index (χ4n) is 4.00. The molecule has 1 aromatic rings. The normalized spacial score (nSPS) is 13.3. The summed E-state index contributed by atoms with van der Waals surface area (Å²) in [4.78, 5) is 12.6. The molecule has 3 nitrogen and oxygen atoms in total. The fourth-order valence-corrected chi connectivity index (χ4v) is 4.00. The maximum absolute atomic E-state index is 12.6. The quantitative estimate of drug-likeness (QED) is 0.295. The molecule has 172 valence electrons. The highest BCUT2D eigenvalue weighted by molar-refractivity contribution is 5.79. The topological polar surface area (TPSA) is 46.5 Å². The molecule has 3 heteroatoms.